The van der Waals surface area contributed by atoms with Crippen molar-refractivity contribution >= 4 is 52.5 Å². The van der Waals surface area contributed by atoms with Crippen molar-refractivity contribution in [1.29, 1.82) is 0 Å². The Morgan fingerprint density at radius 1 is 0.654 bits per heavy atom. The van der Waals surface area contributed by atoms with E-state index in [4.69, 9.17) is 20.9 Å². The second-order valence-electron chi connectivity index (χ2n) is 5.68. The first kappa shape index (κ1) is 19.9. The molecule has 0 fully saturated rings. The van der Waals surface area contributed by atoms with Gasteiger partial charge in [0.2, 0.25) is 0 Å². The van der Waals surface area contributed by atoms with Crippen LogP contribution in [-0.4, -0.2) is 26.3 Å². The molecule has 0 aromatic heterocycles. The summed E-state index contributed by atoms with van der Waals surface area (Å²) in [4.78, 5) is 0. The van der Waals surface area contributed by atoms with Crippen LogP contribution in [0.4, 0.5) is 0 Å². The van der Waals surface area contributed by atoms with Gasteiger partial charge in [0.05, 0.1) is 0 Å². The third-order valence-electron chi connectivity index (χ3n) is 4.24. The van der Waals surface area contributed by atoms with E-state index in [0.29, 0.717) is 0 Å². The molecular weight excluding hydrogens is 440 g/mol. The Morgan fingerprint density at radius 3 is 1.23 bits per heavy atom. The average Bonchev–Trinajstić information content (AvgIpc) is 2.74. The number of rotatable bonds is 7. The van der Waals surface area contributed by atoms with Gasteiger partial charge >= 0.3 is 167 Å². The first-order valence-corrected chi connectivity index (χ1v) is 18.0. The molecule has 3 rings (SSSR count). The molecule has 0 unspecified atom stereocenters. The zero-order valence-corrected chi connectivity index (χ0v) is 19.4. The van der Waals surface area contributed by atoms with Crippen LogP contribution in [0.3, 0.4) is 0 Å². The van der Waals surface area contributed by atoms with Gasteiger partial charge in [-0.25, -0.2) is 0 Å². The van der Waals surface area contributed by atoms with E-state index >= 15 is 0 Å². The molecule has 0 saturated heterocycles. The summed E-state index contributed by atoms with van der Waals surface area (Å²) in [6.45, 7) is 0. The Morgan fingerprint density at radius 2 is 0.962 bits per heavy atom. The van der Waals surface area contributed by atoms with E-state index in [0.717, 1.165) is 0 Å². The van der Waals surface area contributed by atoms with Crippen LogP contribution in [0.5, 0.6) is 0 Å². The van der Waals surface area contributed by atoms with E-state index in [9.17, 15) is 0 Å². The molecule has 6 heteroatoms. The molecule has 3 aromatic rings. The maximum absolute atomic E-state index is 5.83. The van der Waals surface area contributed by atoms with E-state index in [2.05, 4.69) is 91.0 Å². The van der Waals surface area contributed by atoms with Crippen molar-refractivity contribution in [2.24, 2.45) is 0 Å². The van der Waals surface area contributed by atoms with Gasteiger partial charge in [0.1, 0.15) is 0 Å². The zero-order valence-electron chi connectivity index (χ0n) is 14.7. The summed E-state index contributed by atoms with van der Waals surface area (Å²) in [5, 5.41) is 0. The molecule has 2 nitrogen and oxygen atoms in total. The number of benzene rings is 3. The van der Waals surface area contributed by atoms with E-state index in [1.807, 2.05) is 0 Å². The second kappa shape index (κ2) is 8.87. The van der Waals surface area contributed by atoms with Crippen molar-refractivity contribution in [1.82, 2.24) is 0 Å². The molecule has 0 bridgehead atoms. The fraction of sp³-hybridized carbons (Fsp3) is 0.100. The molecule has 0 aliphatic heterocycles. The quantitative estimate of drug-likeness (QED) is 0.393. The Bertz CT molecular complexity index is 771. The minimum absolute atomic E-state index is 1.33. The molecule has 0 amide bonds. The van der Waals surface area contributed by atoms with Gasteiger partial charge in [-0.2, -0.15) is 0 Å². The molecule has 0 saturated carbocycles. The number of hydrogen-bond acceptors (Lipinski definition) is 4. The van der Waals surface area contributed by atoms with Gasteiger partial charge in [0.25, 0.3) is 0 Å². The van der Waals surface area contributed by atoms with Crippen molar-refractivity contribution in [3.05, 3.63) is 91.0 Å². The molecule has 0 heterocycles. The molecule has 0 N–H and O–H groups in total. The van der Waals surface area contributed by atoms with Gasteiger partial charge in [0.15, 0.2) is 0 Å². The Balaban J connectivity index is 2.33. The first-order valence-electron chi connectivity index (χ1n) is 8.23. The Kier molecular flexibility index (Phi) is 6.78. The monoisotopic (exact) mass is 462 g/mol. The number of hydrogen-bond donors (Lipinski definition) is 0. The van der Waals surface area contributed by atoms with E-state index < -0.39 is 17.8 Å². The first-order chi connectivity index (χ1) is 12.6. The van der Waals surface area contributed by atoms with E-state index in [1.54, 1.807) is 23.9 Å². The fourth-order valence-electron chi connectivity index (χ4n) is 2.99. The van der Waals surface area contributed by atoms with Crippen LogP contribution in [0, 0.1) is 0 Å². The standard InChI is InChI=1S/C20H21GeO2PS2/c1-22-24(25,23-2)26-21(18-12-6-3-7-13-18,19-14-8-4-9-15-19)20-16-10-5-11-17-20/h3-17H,1-2H3. The van der Waals surface area contributed by atoms with Gasteiger partial charge < -0.3 is 0 Å². The summed E-state index contributed by atoms with van der Waals surface area (Å²) >= 11 is 2.65. The van der Waals surface area contributed by atoms with Crippen LogP contribution in [0.25, 0.3) is 0 Å². The third-order valence-corrected chi connectivity index (χ3v) is 32.7. The van der Waals surface area contributed by atoms with Crippen LogP contribution in [0.1, 0.15) is 0 Å². The summed E-state index contributed by atoms with van der Waals surface area (Å²) in [6, 6.07) is 32.1. The molecule has 26 heavy (non-hydrogen) atoms. The van der Waals surface area contributed by atoms with E-state index in [-0.39, 0.29) is 0 Å². The Hall–Kier alpha value is -0.877. The van der Waals surface area contributed by atoms with Gasteiger partial charge in [-0.15, -0.1) is 0 Å². The molecule has 3 aromatic carbocycles. The summed E-state index contributed by atoms with van der Waals surface area (Å²) in [5.41, 5.74) is -2.47. The van der Waals surface area contributed by atoms with Crippen LogP contribution in [0.15, 0.2) is 91.0 Å². The predicted molar refractivity (Wildman–Crippen MR) is 120 cm³/mol. The maximum atomic E-state index is 5.83. The summed E-state index contributed by atoms with van der Waals surface area (Å²) in [5.74, 6) is 0. The second-order valence-corrected chi connectivity index (χ2v) is 24.7. The molecular formula is C20H21GeO2PS2. The molecule has 134 valence electrons. The zero-order chi connectivity index (χ0) is 18.5. The van der Waals surface area contributed by atoms with Crippen molar-refractivity contribution in [2.45, 2.75) is 0 Å². The summed E-state index contributed by atoms with van der Waals surface area (Å²) < 4.78 is 15.4. The molecule has 0 aliphatic carbocycles. The van der Waals surface area contributed by atoms with Crippen molar-refractivity contribution in [3.63, 3.8) is 0 Å². The van der Waals surface area contributed by atoms with E-state index in [1.165, 1.54) is 13.2 Å². The third kappa shape index (κ3) is 4.01. The van der Waals surface area contributed by atoms with Crippen LogP contribution in [-0.2, 0) is 20.9 Å². The van der Waals surface area contributed by atoms with Crippen LogP contribution < -0.4 is 13.2 Å². The Labute approximate surface area is 166 Å². The van der Waals surface area contributed by atoms with Gasteiger partial charge in [-0.3, -0.25) is 0 Å². The van der Waals surface area contributed by atoms with Gasteiger partial charge in [-0.1, -0.05) is 0 Å². The summed E-state index contributed by atoms with van der Waals surface area (Å²) in [7, 11) is 5.08. The molecule has 0 aliphatic rings. The van der Waals surface area contributed by atoms with Crippen molar-refractivity contribution < 1.29 is 9.05 Å². The minimum atomic E-state index is -3.18. The SMILES string of the molecule is COP(=S)(OC)[S][Ge]([c]1ccccc1)([c]1ccccc1)[c]1ccccc1. The fourth-order valence-corrected chi connectivity index (χ4v) is 35.1. The average molecular weight is 461 g/mol. The molecule has 0 spiro atoms. The normalized spacial score (nSPS) is 12.1. The topological polar surface area (TPSA) is 18.5 Å². The van der Waals surface area contributed by atoms with Crippen molar-refractivity contribution in [3.8, 4) is 0 Å². The van der Waals surface area contributed by atoms with Gasteiger partial charge in [-0.05, 0) is 0 Å². The summed E-state index contributed by atoms with van der Waals surface area (Å²) in [6.07, 6.45) is 0. The molecule has 0 atom stereocenters. The van der Waals surface area contributed by atoms with Crippen molar-refractivity contribution in [2.75, 3.05) is 14.2 Å². The van der Waals surface area contributed by atoms with Crippen LogP contribution >= 0.6 is 15.4 Å². The predicted octanol–water partition coefficient (Wildman–Crippen LogP) is 3.90. The van der Waals surface area contributed by atoms with Gasteiger partial charge in [0, 0.05) is 0 Å². The van der Waals surface area contributed by atoms with Crippen LogP contribution in [0.2, 0.25) is 0 Å². The molecule has 0 radical (unpaired) electrons.